The van der Waals surface area contributed by atoms with Crippen LogP contribution in [0.3, 0.4) is 0 Å². The molecule has 1 N–H and O–H groups in total. The quantitative estimate of drug-likeness (QED) is 0.616. The lowest BCUT2D eigenvalue weighted by molar-refractivity contribution is -0.174. The van der Waals surface area contributed by atoms with Gasteiger partial charge in [-0.3, -0.25) is 14.4 Å². The lowest BCUT2D eigenvalue weighted by Gasteiger charge is -2.11. The summed E-state index contributed by atoms with van der Waals surface area (Å²) in [5.41, 5.74) is 0. The molecule has 1 fully saturated rings. The highest BCUT2D eigenvalue weighted by Crippen LogP contribution is 2.17. The molecule has 0 heterocycles. The van der Waals surface area contributed by atoms with Gasteiger partial charge in [-0.2, -0.15) is 13.2 Å². The fourth-order valence-electron chi connectivity index (χ4n) is 1.10. The maximum absolute atomic E-state index is 11.7. The minimum absolute atomic E-state index is 0.347. The zero-order chi connectivity index (χ0) is 10.9. The zero-order valence-electron chi connectivity index (χ0n) is 6.85. The van der Waals surface area contributed by atoms with Crippen molar-refractivity contribution in [1.29, 1.82) is 0 Å². The van der Waals surface area contributed by atoms with Crippen LogP contribution in [0.15, 0.2) is 0 Å². The van der Waals surface area contributed by atoms with Crippen molar-refractivity contribution in [2.24, 2.45) is 0 Å². The van der Waals surface area contributed by atoms with Gasteiger partial charge >= 0.3 is 12.1 Å². The number of alkyl halides is 3. The van der Waals surface area contributed by atoms with Crippen LogP contribution in [-0.2, 0) is 14.4 Å². The van der Waals surface area contributed by atoms with Crippen LogP contribution >= 0.6 is 0 Å². The Morgan fingerprint density at radius 1 is 1.36 bits per heavy atom. The van der Waals surface area contributed by atoms with Gasteiger partial charge in [-0.05, 0) is 0 Å². The highest BCUT2D eigenvalue weighted by atomic mass is 19.4. The summed E-state index contributed by atoms with van der Waals surface area (Å²) in [6.07, 6.45) is -5.77. The summed E-state index contributed by atoms with van der Waals surface area (Å²) in [7, 11) is 0. The normalized spacial score (nSPS) is 22.6. The lowest BCUT2D eigenvalue weighted by atomic mass is 10.2. The number of rotatable bonds is 1. The topological polar surface area (TPSA) is 63.2 Å². The second-order valence-corrected chi connectivity index (χ2v) is 2.91. The molecule has 0 aromatic carbocycles. The number of amides is 1. The fourth-order valence-corrected chi connectivity index (χ4v) is 1.10. The second-order valence-electron chi connectivity index (χ2n) is 2.91. The maximum atomic E-state index is 11.7. The van der Waals surface area contributed by atoms with E-state index in [1.165, 1.54) is 5.32 Å². The summed E-state index contributed by atoms with van der Waals surface area (Å²) >= 11 is 0. The summed E-state index contributed by atoms with van der Waals surface area (Å²) in [5.74, 6) is -3.32. The van der Waals surface area contributed by atoms with Crippen LogP contribution in [0.5, 0.6) is 0 Å². The average Bonchev–Trinajstić information content (AvgIpc) is 2.28. The summed E-state index contributed by atoms with van der Waals surface area (Å²) in [5, 5.41) is 1.46. The van der Waals surface area contributed by atoms with Gasteiger partial charge in [0.15, 0.2) is 5.78 Å². The Bertz CT molecular complexity index is 297. The molecule has 14 heavy (non-hydrogen) atoms. The van der Waals surface area contributed by atoms with Crippen molar-refractivity contribution < 1.29 is 27.6 Å². The van der Waals surface area contributed by atoms with Gasteiger partial charge in [-0.1, -0.05) is 0 Å². The standard InChI is InChI=1S/C7H6F3NO3/c8-7(9,10)6(14)11-4-1-3(12)2-5(4)13/h4H,1-2H2,(H,11,14)/t4-/m1/s1. The van der Waals surface area contributed by atoms with Gasteiger partial charge in [0.2, 0.25) is 0 Å². The van der Waals surface area contributed by atoms with Gasteiger partial charge in [0.05, 0.1) is 12.5 Å². The van der Waals surface area contributed by atoms with Crippen LogP contribution in [0, 0.1) is 0 Å². The van der Waals surface area contributed by atoms with E-state index in [0.29, 0.717) is 0 Å². The smallest absolute Gasteiger partial charge is 0.338 e. The molecule has 0 aliphatic heterocycles. The Hall–Kier alpha value is -1.40. The number of nitrogens with one attached hydrogen (secondary N) is 1. The minimum atomic E-state index is -5.02. The molecule has 0 unspecified atom stereocenters. The van der Waals surface area contributed by atoms with Crippen LogP contribution in [0.1, 0.15) is 12.8 Å². The summed E-state index contributed by atoms with van der Waals surface area (Å²) in [4.78, 5) is 31.9. The number of ketones is 2. The third kappa shape index (κ3) is 2.30. The Balaban J connectivity index is 2.58. The largest absolute Gasteiger partial charge is 0.471 e. The van der Waals surface area contributed by atoms with Crippen molar-refractivity contribution in [3.8, 4) is 0 Å². The van der Waals surface area contributed by atoms with Crippen LogP contribution in [0.25, 0.3) is 0 Å². The number of hydrogen-bond acceptors (Lipinski definition) is 3. The molecule has 0 saturated heterocycles. The van der Waals surface area contributed by atoms with Gasteiger partial charge in [0.1, 0.15) is 5.78 Å². The number of Topliss-reactive ketones (excluding diaryl/α,β-unsaturated/α-hetero) is 2. The fraction of sp³-hybridized carbons (Fsp3) is 0.571. The molecule has 7 heteroatoms. The van der Waals surface area contributed by atoms with E-state index in [1.807, 2.05) is 0 Å². The summed E-state index contributed by atoms with van der Waals surface area (Å²) in [6, 6.07) is -1.31. The molecule has 4 nitrogen and oxygen atoms in total. The molecule has 78 valence electrons. The Morgan fingerprint density at radius 3 is 2.29 bits per heavy atom. The van der Waals surface area contributed by atoms with Gasteiger partial charge in [-0.15, -0.1) is 0 Å². The van der Waals surface area contributed by atoms with Crippen molar-refractivity contribution in [3.63, 3.8) is 0 Å². The molecule has 1 aliphatic carbocycles. The highest BCUT2D eigenvalue weighted by molar-refractivity contribution is 6.10. The first-order valence-electron chi connectivity index (χ1n) is 3.73. The van der Waals surface area contributed by atoms with Gasteiger partial charge < -0.3 is 5.32 Å². The average molecular weight is 209 g/mol. The van der Waals surface area contributed by atoms with E-state index >= 15 is 0 Å². The van der Waals surface area contributed by atoms with E-state index in [2.05, 4.69) is 0 Å². The molecule has 0 aromatic heterocycles. The van der Waals surface area contributed by atoms with Gasteiger partial charge in [-0.25, -0.2) is 0 Å². The van der Waals surface area contributed by atoms with E-state index < -0.39 is 36.1 Å². The van der Waals surface area contributed by atoms with Crippen molar-refractivity contribution in [2.45, 2.75) is 25.1 Å². The van der Waals surface area contributed by atoms with Crippen LogP contribution in [-0.4, -0.2) is 29.7 Å². The molecule has 0 spiro atoms. The number of halogens is 3. The zero-order valence-corrected chi connectivity index (χ0v) is 6.85. The van der Waals surface area contributed by atoms with Crippen LogP contribution in [0.2, 0.25) is 0 Å². The number of carbonyl (C=O) groups is 3. The molecular weight excluding hydrogens is 203 g/mol. The molecule has 0 bridgehead atoms. The Morgan fingerprint density at radius 2 is 1.93 bits per heavy atom. The number of hydrogen-bond donors (Lipinski definition) is 1. The lowest BCUT2D eigenvalue weighted by Crippen LogP contribution is -2.44. The van der Waals surface area contributed by atoms with E-state index in [1.54, 1.807) is 0 Å². The predicted octanol–water partition coefficient (Wildman–Crippen LogP) is -0.0345. The van der Waals surface area contributed by atoms with Crippen molar-refractivity contribution in [2.75, 3.05) is 0 Å². The molecular formula is C7H6F3NO3. The minimum Gasteiger partial charge on any atom is -0.338 e. The van der Waals surface area contributed by atoms with Crippen LogP contribution in [0.4, 0.5) is 13.2 Å². The van der Waals surface area contributed by atoms with Gasteiger partial charge in [0.25, 0.3) is 0 Å². The molecule has 0 radical (unpaired) electrons. The summed E-state index contributed by atoms with van der Waals surface area (Å²) < 4.78 is 35.2. The molecule has 1 atom stereocenters. The third-order valence-corrected chi connectivity index (χ3v) is 1.75. The van der Waals surface area contributed by atoms with Gasteiger partial charge in [0, 0.05) is 6.42 Å². The van der Waals surface area contributed by atoms with Crippen LogP contribution < -0.4 is 5.32 Å². The van der Waals surface area contributed by atoms with E-state index in [0.717, 1.165) is 0 Å². The highest BCUT2D eigenvalue weighted by Gasteiger charge is 2.42. The predicted molar refractivity (Wildman–Crippen MR) is 37.2 cm³/mol. The summed E-state index contributed by atoms with van der Waals surface area (Å²) in [6.45, 7) is 0. The van der Waals surface area contributed by atoms with E-state index in [9.17, 15) is 27.6 Å². The van der Waals surface area contributed by atoms with Crippen molar-refractivity contribution in [3.05, 3.63) is 0 Å². The van der Waals surface area contributed by atoms with E-state index in [4.69, 9.17) is 0 Å². The van der Waals surface area contributed by atoms with Crippen molar-refractivity contribution >= 4 is 17.5 Å². The second kappa shape index (κ2) is 3.39. The Labute approximate surface area is 76.5 Å². The third-order valence-electron chi connectivity index (χ3n) is 1.75. The molecule has 1 rings (SSSR count). The molecule has 0 aromatic rings. The first kappa shape index (κ1) is 10.7. The first-order chi connectivity index (χ1) is 6.30. The van der Waals surface area contributed by atoms with Crippen molar-refractivity contribution in [1.82, 2.24) is 5.32 Å². The SMILES string of the molecule is O=C1CC(=O)[C@H](NC(=O)C(F)(F)F)C1. The molecule has 1 aliphatic rings. The maximum Gasteiger partial charge on any atom is 0.471 e. The molecule has 1 amide bonds. The monoisotopic (exact) mass is 209 g/mol. The Kier molecular flexibility index (Phi) is 2.59. The molecule has 1 saturated carbocycles. The first-order valence-corrected chi connectivity index (χ1v) is 3.73. The number of carbonyl (C=O) groups excluding carboxylic acids is 3. The van der Waals surface area contributed by atoms with E-state index in [-0.39, 0.29) is 6.42 Å².